The number of nitro benzene ring substituents is 2. The number of hydrazone groups is 1. The fraction of sp³-hybridized carbons (Fsp3) is 0. The van der Waals surface area contributed by atoms with Crippen molar-refractivity contribution >= 4 is 23.3 Å². The number of anilines is 1. The van der Waals surface area contributed by atoms with Crippen molar-refractivity contribution in [3.63, 3.8) is 0 Å². The Kier molecular flexibility index (Phi) is 6.73. The van der Waals surface area contributed by atoms with E-state index in [2.05, 4.69) is 15.1 Å². The molecule has 1 heterocycles. The third-order valence-electron chi connectivity index (χ3n) is 5.94. The average Bonchev–Trinajstić information content (AvgIpc) is 3.33. The molecule has 0 amide bonds. The first-order chi connectivity index (χ1) is 18.5. The minimum absolute atomic E-state index is 0.00132. The lowest BCUT2D eigenvalue weighted by molar-refractivity contribution is -0.385. The van der Waals surface area contributed by atoms with Crippen LogP contribution < -0.4 is 5.43 Å². The Bertz CT molecular complexity index is 1610. The number of benzene rings is 4. The maximum atomic E-state index is 11.3. The Morgan fingerprint density at radius 2 is 1.21 bits per heavy atom. The van der Waals surface area contributed by atoms with Crippen molar-refractivity contribution in [1.29, 1.82) is 0 Å². The molecule has 1 aromatic heterocycles. The molecule has 0 aliphatic heterocycles. The second-order valence-corrected chi connectivity index (χ2v) is 8.35. The zero-order valence-corrected chi connectivity index (χ0v) is 20.0. The van der Waals surface area contributed by atoms with Gasteiger partial charge in [-0.15, -0.1) is 0 Å². The van der Waals surface area contributed by atoms with Crippen LogP contribution in [0.4, 0.5) is 17.1 Å². The SMILES string of the molecule is O=[N+]([O-])c1ccc(N/N=C\c2cc(-c3ccccc3)n(-c3ccc([N+](=O)[O-])cc3)c2-c2ccccc2)cc1. The van der Waals surface area contributed by atoms with Gasteiger partial charge in [0.25, 0.3) is 11.4 Å². The lowest BCUT2D eigenvalue weighted by Gasteiger charge is -2.15. The van der Waals surface area contributed by atoms with Gasteiger partial charge in [0.15, 0.2) is 0 Å². The van der Waals surface area contributed by atoms with Gasteiger partial charge in [0, 0.05) is 35.5 Å². The predicted octanol–water partition coefficient (Wildman–Crippen LogP) is 7.07. The number of nitrogens with zero attached hydrogens (tertiary/aromatic N) is 4. The molecule has 9 heteroatoms. The van der Waals surface area contributed by atoms with E-state index in [9.17, 15) is 20.2 Å². The van der Waals surface area contributed by atoms with Crippen LogP contribution in [-0.4, -0.2) is 20.6 Å². The zero-order valence-electron chi connectivity index (χ0n) is 20.0. The quantitative estimate of drug-likeness (QED) is 0.138. The number of nitro groups is 2. The molecule has 1 N–H and O–H groups in total. The smallest absolute Gasteiger partial charge is 0.269 e. The summed E-state index contributed by atoms with van der Waals surface area (Å²) in [6.07, 6.45) is 1.69. The number of hydrogen-bond acceptors (Lipinski definition) is 6. The third kappa shape index (κ3) is 5.02. The van der Waals surface area contributed by atoms with Crippen molar-refractivity contribution in [3.8, 4) is 28.2 Å². The molecule has 0 unspecified atom stereocenters. The van der Waals surface area contributed by atoms with Crippen molar-refractivity contribution in [2.75, 3.05) is 5.43 Å². The number of nitrogens with one attached hydrogen (secondary N) is 1. The molecule has 0 atom stereocenters. The Morgan fingerprint density at radius 3 is 1.76 bits per heavy atom. The molecule has 5 rings (SSSR count). The van der Waals surface area contributed by atoms with Crippen molar-refractivity contribution in [2.24, 2.45) is 5.10 Å². The summed E-state index contributed by atoms with van der Waals surface area (Å²) in [6.45, 7) is 0. The van der Waals surface area contributed by atoms with Crippen LogP contribution >= 0.6 is 0 Å². The molecule has 0 radical (unpaired) electrons. The maximum absolute atomic E-state index is 11.3. The van der Waals surface area contributed by atoms with E-state index >= 15 is 0 Å². The van der Waals surface area contributed by atoms with E-state index < -0.39 is 9.85 Å². The van der Waals surface area contributed by atoms with E-state index in [0.29, 0.717) is 5.69 Å². The largest absolute Gasteiger partial charge is 0.309 e. The highest BCUT2D eigenvalue weighted by atomic mass is 16.6. The predicted molar refractivity (Wildman–Crippen MR) is 148 cm³/mol. The molecule has 4 aromatic carbocycles. The van der Waals surface area contributed by atoms with E-state index in [1.165, 1.54) is 24.3 Å². The third-order valence-corrected chi connectivity index (χ3v) is 5.94. The van der Waals surface area contributed by atoms with Gasteiger partial charge < -0.3 is 4.57 Å². The van der Waals surface area contributed by atoms with Crippen LogP contribution in [-0.2, 0) is 0 Å². The molecule has 0 aliphatic carbocycles. The first kappa shape index (κ1) is 24.1. The van der Waals surface area contributed by atoms with E-state index in [4.69, 9.17) is 0 Å². The molecular weight excluding hydrogens is 482 g/mol. The van der Waals surface area contributed by atoms with Crippen molar-refractivity contribution in [1.82, 2.24) is 4.57 Å². The summed E-state index contributed by atoms with van der Waals surface area (Å²) in [5.74, 6) is 0. The van der Waals surface area contributed by atoms with Gasteiger partial charge in [-0.25, -0.2) is 0 Å². The van der Waals surface area contributed by atoms with Crippen LogP contribution in [0.2, 0.25) is 0 Å². The molecular formula is C29H21N5O4. The van der Waals surface area contributed by atoms with Gasteiger partial charge in [-0.2, -0.15) is 5.10 Å². The number of aromatic nitrogens is 1. The van der Waals surface area contributed by atoms with Gasteiger partial charge in [-0.05, 0) is 41.5 Å². The Hall–Kier alpha value is -5.57. The van der Waals surface area contributed by atoms with Crippen LogP contribution in [0.25, 0.3) is 28.2 Å². The van der Waals surface area contributed by atoms with E-state index in [-0.39, 0.29) is 11.4 Å². The minimum Gasteiger partial charge on any atom is -0.309 e. The van der Waals surface area contributed by atoms with Crippen LogP contribution in [0, 0.1) is 20.2 Å². The Morgan fingerprint density at radius 1 is 0.684 bits per heavy atom. The van der Waals surface area contributed by atoms with E-state index in [1.54, 1.807) is 30.5 Å². The van der Waals surface area contributed by atoms with Crippen molar-refractivity contribution < 1.29 is 9.85 Å². The maximum Gasteiger partial charge on any atom is 0.269 e. The number of rotatable bonds is 8. The molecule has 5 aromatic rings. The van der Waals surface area contributed by atoms with Crippen LogP contribution in [0.15, 0.2) is 120 Å². The topological polar surface area (TPSA) is 116 Å². The molecule has 0 bridgehead atoms. The van der Waals surface area contributed by atoms with Crippen LogP contribution in [0.1, 0.15) is 5.56 Å². The molecule has 0 aliphatic rings. The fourth-order valence-electron chi connectivity index (χ4n) is 4.17. The monoisotopic (exact) mass is 503 g/mol. The second kappa shape index (κ2) is 10.6. The summed E-state index contributed by atoms with van der Waals surface area (Å²) in [6, 6.07) is 34.1. The second-order valence-electron chi connectivity index (χ2n) is 8.35. The fourth-order valence-corrected chi connectivity index (χ4v) is 4.17. The lowest BCUT2D eigenvalue weighted by Crippen LogP contribution is -2.01. The molecule has 0 saturated heterocycles. The summed E-state index contributed by atoms with van der Waals surface area (Å²) in [5, 5.41) is 26.6. The summed E-state index contributed by atoms with van der Waals surface area (Å²) in [5.41, 5.74) is 8.75. The summed E-state index contributed by atoms with van der Waals surface area (Å²) >= 11 is 0. The highest BCUT2D eigenvalue weighted by Crippen LogP contribution is 2.35. The van der Waals surface area contributed by atoms with Crippen molar-refractivity contribution in [2.45, 2.75) is 0 Å². The van der Waals surface area contributed by atoms with Gasteiger partial charge in [0.1, 0.15) is 0 Å². The van der Waals surface area contributed by atoms with Gasteiger partial charge in [0.2, 0.25) is 0 Å². The first-order valence-corrected chi connectivity index (χ1v) is 11.7. The highest BCUT2D eigenvalue weighted by Gasteiger charge is 2.19. The zero-order chi connectivity index (χ0) is 26.5. The standard InChI is InChI=1S/C29H21N5O4/c35-33(36)26-13-11-24(12-14-26)31-30-20-23-19-28(21-7-3-1-4-8-21)32(29(23)22-9-5-2-6-10-22)25-15-17-27(18-16-25)34(37)38/h1-20,31H/b30-20-. The minimum atomic E-state index is -0.453. The van der Waals surface area contributed by atoms with Crippen molar-refractivity contribution in [3.05, 3.63) is 141 Å². The molecule has 0 saturated carbocycles. The van der Waals surface area contributed by atoms with Gasteiger partial charge in [0.05, 0.1) is 33.1 Å². The highest BCUT2D eigenvalue weighted by molar-refractivity contribution is 5.94. The number of hydrogen-bond donors (Lipinski definition) is 1. The van der Waals surface area contributed by atoms with Gasteiger partial charge >= 0.3 is 0 Å². The molecule has 38 heavy (non-hydrogen) atoms. The summed E-state index contributed by atoms with van der Waals surface area (Å²) in [7, 11) is 0. The lowest BCUT2D eigenvalue weighted by atomic mass is 10.1. The summed E-state index contributed by atoms with van der Waals surface area (Å²) < 4.78 is 2.06. The molecule has 186 valence electrons. The van der Waals surface area contributed by atoms with Crippen LogP contribution in [0.3, 0.4) is 0 Å². The Labute approximate surface area is 217 Å². The van der Waals surface area contributed by atoms with Gasteiger partial charge in [-0.3, -0.25) is 25.7 Å². The van der Waals surface area contributed by atoms with Crippen LogP contribution in [0.5, 0.6) is 0 Å². The normalized spacial score (nSPS) is 10.9. The Balaban J connectivity index is 1.64. The van der Waals surface area contributed by atoms with E-state index in [0.717, 1.165) is 33.8 Å². The first-order valence-electron chi connectivity index (χ1n) is 11.7. The van der Waals surface area contributed by atoms with E-state index in [1.807, 2.05) is 66.7 Å². The average molecular weight is 504 g/mol. The number of non-ortho nitro benzene ring substituents is 2. The molecule has 9 nitrogen and oxygen atoms in total. The van der Waals surface area contributed by atoms with Gasteiger partial charge in [-0.1, -0.05) is 60.7 Å². The molecule has 0 spiro atoms. The summed E-state index contributed by atoms with van der Waals surface area (Å²) in [4.78, 5) is 21.3. The molecule has 0 fully saturated rings.